The first kappa shape index (κ1) is 23.5. The fourth-order valence-corrected chi connectivity index (χ4v) is 4.99. The minimum Gasteiger partial charge on any atom is -0.493 e. The zero-order valence-corrected chi connectivity index (χ0v) is 19.7. The third-order valence-electron chi connectivity index (χ3n) is 6.85. The van der Waals surface area contributed by atoms with E-state index in [2.05, 4.69) is 0 Å². The Morgan fingerprint density at radius 3 is 2.24 bits per heavy atom. The molecule has 1 saturated heterocycles. The molecule has 0 radical (unpaired) electrons. The summed E-state index contributed by atoms with van der Waals surface area (Å²) in [7, 11) is 4.93. The van der Waals surface area contributed by atoms with Crippen molar-refractivity contribution in [3.8, 4) is 11.5 Å². The lowest BCUT2D eigenvalue weighted by atomic mass is 9.81. The predicted molar refractivity (Wildman–Crippen MR) is 128 cm³/mol. The second kappa shape index (κ2) is 9.70. The number of carbonyl (C=O) groups excluding carboxylic acids is 2. The summed E-state index contributed by atoms with van der Waals surface area (Å²) >= 11 is 0. The smallest absolute Gasteiger partial charge is 0.294 e. The number of likely N-dealkylation sites (N-methyl/N-ethyl adjacent to an activating group) is 1. The van der Waals surface area contributed by atoms with E-state index in [1.54, 1.807) is 38.3 Å². The van der Waals surface area contributed by atoms with E-state index >= 15 is 0 Å². The number of nitro benzene ring substituents is 1. The number of amides is 2. The topological polar surface area (TPSA) is 102 Å². The number of hydrogen-bond donors (Lipinski definition) is 0. The minimum atomic E-state index is -0.468. The van der Waals surface area contributed by atoms with Crippen LogP contribution in [-0.4, -0.2) is 44.5 Å². The van der Waals surface area contributed by atoms with Crippen LogP contribution in [0.1, 0.15) is 31.2 Å². The summed E-state index contributed by atoms with van der Waals surface area (Å²) in [4.78, 5) is 40.2. The largest absolute Gasteiger partial charge is 0.493 e. The van der Waals surface area contributed by atoms with Crippen LogP contribution in [0.5, 0.6) is 11.5 Å². The highest BCUT2D eigenvalue weighted by molar-refractivity contribution is 6.22. The lowest BCUT2D eigenvalue weighted by molar-refractivity contribution is -0.384. The van der Waals surface area contributed by atoms with Crippen molar-refractivity contribution in [1.29, 1.82) is 0 Å². The lowest BCUT2D eigenvalue weighted by Gasteiger charge is -2.21. The van der Waals surface area contributed by atoms with Gasteiger partial charge >= 0.3 is 0 Å². The Kier molecular flexibility index (Phi) is 6.72. The Morgan fingerprint density at radius 2 is 1.65 bits per heavy atom. The lowest BCUT2D eigenvalue weighted by Crippen LogP contribution is -2.31. The Hall–Kier alpha value is -3.62. The molecule has 0 N–H and O–H groups in total. The van der Waals surface area contributed by atoms with Crippen LogP contribution in [0.2, 0.25) is 0 Å². The monoisotopic (exact) mass is 467 g/mol. The Labute approximate surface area is 198 Å². The molecule has 2 unspecified atom stereocenters. The predicted octanol–water partition coefficient (Wildman–Crippen LogP) is 3.97. The molecule has 2 amide bonds. The molecule has 0 spiro atoms. The van der Waals surface area contributed by atoms with E-state index in [1.165, 1.54) is 6.07 Å². The van der Waals surface area contributed by atoms with Crippen LogP contribution in [0.3, 0.4) is 0 Å². The number of carbonyl (C=O) groups is 2. The third-order valence-corrected chi connectivity index (χ3v) is 6.85. The average Bonchev–Trinajstić information content (AvgIpc) is 3.11. The van der Waals surface area contributed by atoms with Crippen molar-refractivity contribution in [1.82, 2.24) is 0 Å². The fraction of sp³-hybridized carbons (Fsp3) is 0.440. The highest BCUT2D eigenvalue weighted by Gasteiger charge is 2.49. The number of fused-ring (bicyclic) bond motifs is 1. The van der Waals surface area contributed by atoms with E-state index in [0.717, 1.165) is 23.3 Å². The molecule has 2 aromatic carbocycles. The first-order valence-corrected chi connectivity index (χ1v) is 11.4. The van der Waals surface area contributed by atoms with Crippen LogP contribution in [0.4, 0.5) is 17.1 Å². The van der Waals surface area contributed by atoms with Gasteiger partial charge in [0, 0.05) is 19.7 Å². The molecule has 4 rings (SSSR count). The number of methoxy groups -OCH3 is 2. The van der Waals surface area contributed by atoms with Crippen molar-refractivity contribution in [2.75, 3.05) is 37.6 Å². The molecule has 9 nitrogen and oxygen atoms in total. The number of hydrogen-bond acceptors (Lipinski definition) is 7. The van der Waals surface area contributed by atoms with Crippen molar-refractivity contribution < 1.29 is 24.0 Å². The van der Waals surface area contributed by atoms with Crippen LogP contribution < -0.4 is 19.3 Å². The zero-order valence-electron chi connectivity index (χ0n) is 19.7. The molecular weight excluding hydrogens is 438 g/mol. The summed E-state index contributed by atoms with van der Waals surface area (Å²) in [6.07, 6.45) is 3.88. The Morgan fingerprint density at radius 1 is 1.00 bits per heavy atom. The maximum atomic E-state index is 12.9. The van der Waals surface area contributed by atoms with Gasteiger partial charge < -0.3 is 14.4 Å². The summed E-state index contributed by atoms with van der Waals surface area (Å²) in [5, 5.41) is 11.9. The minimum absolute atomic E-state index is 0.136. The van der Waals surface area contributed by atoms with E-state index in [4.69, 9.17) is 9.47 Å². The molecule has 1 saturated carbocycles. The summed E-state index contributed by atoms with van der Waals surface area (Å²) in [6, 6.07) is 10.2. The molecular formula is C25H29N3O6. The molecule has 1 heterocycles. The third kappa shape index (κ3) is 4.30. The SMILES string of the molecule is COc1ccc(CCN(C)c2ccc(N3C(=O)C4CCCCC4C3=O)cc2[N+](=O)[O-])cc1OC. The highest BCUT2D eigenvalue weighted by Crippen LogP contribution is 2.42. The summed E-state index contributed by atoms with van der Waals surface area (Å²) in [6.45, 7) is 0.515. The van der Waals surface area contributed by atoms with Crippen molar-refractivity contribution >= 4 is 28.9 Å². The Balaban J connectivity index is 1.54. The summed E-state index contributed by atoms with van der Waals surface area (Å²) in [5.41, 5.74) is 1.56. The van der Waals surface area contributed by atoms with Crippen LogP contribution in [0, 0.1) is 22.0 Å². The maximum absolute atomic E-state index is 12.9. The van der Waals surface area contributed by atoms with E-state index in [0.29, 0.717) is 43.0 Å². The number of nitro groups is 1. The normalized spacial score (nSPS) is 19.7. The maximum Gasteiger partial charge on any atom is 0.294 e. The molecule has 34 heavy (non-hydrogen) atoms. The zero-order chi connectivity index (χ0) is 24.4. The van der Waals surface area contributed by atoms with Gasteiger partial charge in [0.05, 0.1) is 36.7 Å². The number of anilines is 2. The van der Waals surface area contributed by atoms with E-state index < -0.39 is 4.92 Å². The van der Waals surface area contributed by atoms with Gasteiger partial charge in [-0.3, -0.25) is 19.7 Å². The molecule has 2 atom stereocenters. The van der Waals surface area contributed by atoms with Crippen LogP contribution in [0.15, 0.2) is 36.4 Å². The van der Waals surface area contributed by atoms with Crippen LogP contribution >= 0.6 is 0 Å². The van der Waals surface area contributed by atoms with Gasteiger partial charge in [-0.15, -0.1) is 0 Å². The molecule has 0 aromatic heterocycles. The van der Waals surface area contributed by atoms with Gasteiger partial charge in [-0.25, -0.2) is 4.90 Å². The first-order chi connectivity index (χ1) is 16.3. The van der Waals surface area contributed by atoms with Gasteiger partial charge in [-0.05, 0) is 49.1 Å². The molecule has 2 aromatic rings. The molecule has 9 heteroatoms. The van der Waals surface area contributed by atoms with Crippen molar-refractivity contribution in [3.05, 3.63) is 52.1 Å². The molecule has 2 fully saturated rings. The van der Waals surface area contributed by atoms with Crippen LogP contribution in [-0.2, 0) is 16.0 Å². The second-order valence-corrected chi connectivity index (χ2v) is 8.80. The number of nitrogens with zero attached hydrogens (tertiary/aromatic N) is 3. The van der Waals surface area contributed by atoms with Gasteiger partial charge in [-0.1, -0.05) is 18.9 Å². The number of ether oxygens (including phenoxy) is 2. The molecule has 1 aliphatic heterocycles. The number of rotatable bonds is 8. The molecule has 1 aliphatic carbocycles. The van der Waals surface area contributed by atoms with Gasteiger partial charge in [0.1, 0.15) is 5.69 Å². The van der Waals surface area contributed by atoms with Crippen LogP contribution in [0.25, 0.3) is 0 Å². The van der Waals surface area contributed by atoms with Gasteiger partial charge in [0.15, 0.2) is 11.5 Å². The molecule has 180 valence electrons. The average molecular weight is 468 g/mol. The standard InChI is InChI=1S/C25H29N3O6/c1-26(13-12-16-8-11-22(33-2)23(14-16)34-3)20-10-9-17(15-21(20)28(31)32)27-24(29)18-6-4-5-7-19(18)25(27)30/h8-11,14-15,18-19H,4-7,12-13H2,1-3H3. The molecule has 0 bridgehead atoms. The van der Waals surface area contributed by atoms with E-state index in [9.17, 15) is 19.7 Å². The van der Waals surface area contributed by atoms with Gasteiger partial charge in [0.25, 0.3) is 5.69 Å². The number of benzene rings is 2. The van der Waals surface area contributed by atoms with Crippen molar-refractivity contribution in [3.63, 3.8) is 0 Å². The van der Waals surface area contributed by atoms with Gasteiger partial charge in [0.2, 0.25) is 11.8 Å². The van der Waals surface area contributed by atoms with Gasteiger partial charge in [-0.2, -0.15) is 0 Å². The van der Waals surface area contributed by atoms with Crippen molar-refractivity contribution in [2.45, 2.75) is 32.1 Å². The Bertz CT molecular complexity index is 1090. The molecule has 2 aliphatic rings. The quantitative estimate of drug-likeness (QED) is 0.329. The number of imide groups is 1. The van der Waals surface area contributed by atoms with E-state index in [1.807, 2.05) is 18.2 Å². The summed E-state index contributed by atoms with van der Waals surface area (Å²) < 4.78 is 10.6. The second-order valence-electron chi connectivity index (χ2n) is 8.80. The van der Waals surface area contributed by atoms with E-state index in [-0.39, 0.29) is 35.0 Å². The highest BCUT2D eigenvalue weighted by atomic mass is 16.6. The summed E-state index contributed by atoms with van der Waals surface area (Å²) in [5.74, 6) is 0.181. The fourth-order valence-electron chi connectivity index (χ4n) is 4.99. The first-order valence-electron chi connectivity index (χ1n) is 11.4. The van der Waals surface area contributed by atoms with Crippen molar-refractivity contribution in [2.24, 2.45) is 11.8 Å².